The van der Waals surface area contributed by atoms with Crippen LogP contribution in [0.25, 0.3) is 0 Å². The van der Waals surface area contributed by atoms with Crippen molar-refractivity contribution in [2.75, 3.05) is 0 Å². The molecule has 0 fully saturated rings. The third kappa shape index (κ3) is 3.88. The molecular formula is C20H27N3O4Sn. The van der Waals surface area contributed by atoms with Crippen LogP contribution in [0.4, 0.5) is 0 Å². The van der Waals surface area contributed by atoms with E-state index in [2.05, 4.69) is 28.8 Å². The van der Waals surface area contributed by atoms with Gasteiger partial charge in [0.15, 0.2) is 0 Å². The zero-order valence-corrected chi connectivity index (χ0v) is 19.7. The van der Waals surface area contributed by atoms with Gasteiger partial charge in [-0.15, -0.1) is 0 Å². The van der Waals surface area contributed by atoms with Crippen molar-refractivity contribution >= 4 is 25.4 Å². The molecule has 0 unspecified atom stereocenters. The Morgan fingerprint density at radius 1 is 0.929 bits per heavy atom. The number of hydrogen-bond donors (Lipinski definition) is 2. The van der Waals surface area contributed by atoms with Gasteiger partial charge >= 0.3 is 171 Å². The van der Waals surface area contributed by atoms with Crippen LogP contribution in [0.1, 0.15) is 47.5 Å². The van der Waals surface area contributed by atoms with E-state index >= 15 is 0 Å². The van der Waals surface area contributed by atoms with Crippen molar-refractivity contribution in [1.82, 2.24) is 9.97 Å². The van der Waals surface area contributed by atoms with E-state index < -0.39 is 19.2 Å². The van der Waals surface area contributed by atoms with Gasteiger partial charge in [0.25, 0.3) is 0 Å². The van der Waals surface area contributed by atoms with Crippen LogP contribution in [0.15, 0.2) is 17.4 Å². The predicted octanol–water partition coefficient (Wildman–Crippen LogP) is 2.95. The summed E-state index contributed by atoms with van der Waals surface area (Å²) in [6.07, 6.45) is 5.08. The van der Waals surface area contributed by atoms with E-state index in [1.165, 1.54) is 0 Å². The van der Waals surface area contributed by atoms with Crippen molar-refractivity contribution in [3.05, 3.63) is 46.0 Å². The van der Waals surface area contributed by atoms with Crippen molar-refractivity contribution < 1.29 is 16.4 Å². The molecule has 28 heavy (non-hydrogen) atoms. The van der Waals surface area contributed by atoms with Crippen molar-refractivity contribution in [2.45, 2.75) is 56.3 Å². The normalized spacial score (nSPS) is 15.2. The first-order valence-electron chi connectivity index (χ1n) is 9.53. The average Bonchev–Trinajstić information content (AvgIpc) is 2.72. The molecule has 2 aromatic heterocycles. The third-order valence-corrected chi connectivity index (χ3v) is 14.6. The van der Waals surface area contributed by atoms with Crippen LogP contribution in [-0.4, -0.2) is 45.6 Å². The Kier molecular flexibility index (Phi) is 6.57. The fourth-order valence-electron chi connectivity index (χ4n) is 3.32. The van der Waals surface area contributed by atoms with E-state index in [0.29, 0.717) is 29.2 Å². The fourth-order valence-corrected chi connectivity index (χ4v) is 10.1. The van der Waals surface area contributed by atoms with E-state index in [1.54, 1.807) is 18.6 Å². The molecule has 0 amide bonds. The number of rotatable bonds is 4. The van der Waals surface area contributed by atoms with Gasteiger partial charge in [0.2, 0.25) is 0 Å². The second-order valence-corrected chi connectivity index (χ2v) is 17.3. The van der Waals surface area contributed by atoms with E-state index in [1.807, 2.05) is 13.8 Å². The van der Waals surface area contributed by atoms with Crippen molar-refractivity contribution in [3.63, 3.8) is 0 Å². The van der Waals surface area contributed by atoms with Crippen LogP contribution in [0.5, 0.6) is 11.5 Å². The molecule has 1 aliphatic heterocycles. The Labute approximate surface area is 170 Å². The monoisotopic (exact) mass is 493 g/mol. The number of pyridine rings is 2. The molecule has 7 nitrogen and oxygen atoms in total. The number of aliphatic imine (C=N–C) groups is 1. The molecule has 0 aromatic carbocycles. The van der Waals surface area contributed by atoms with Crippen molar-refractivity contribution in [2.24, 2.45) is 4.99 Å². The minimum atomic E-state index is -3.62. The van der Waals surface area contributed by atoms with E-state index in [0.717, 1.165) is 31.4 Å². The number of aryl methyl sites for hydroxylation is 2. The zero-order valence-electron chi connectivity index (χ0n) is 16.8. The third-order valence-electron chi connectivity index (χ3n) is 5.20. The molecule has 3 rings (SSSR count). The topological polar surface area (TPSA) is 97.1 Å². The van der Waals surface area contributed by atoms with E-state index in [9.17, 15) is 10.2 Å². The van der Waals surface area contributed by atoms with Crippen LogP contribution in [0.3, 0.4) is 0 Å². The summed E-state index contributed by atoms with van der Waals surface area (Å²) >= 11 is -3.62. The summed E-state index contributed by atoms with van der Waals surface area (Å²) in [5.41, 5.74) is 4.50. The van der Waals surface area contributed by atoms with Crippen molar-refractivity contribution in [1.29, 1.82) is 0 Å². The van der Waals surface area contributed by atoms with Crippen LogP contribution >= 0.6 is 0 Å². The quantitative estimate of drug-likeness (QED) is 0.638. The number of hydrogen-bond acceptors (Lipinski definition) is 7. The molecule has 0 atom stereocenters. The predicted molar refractivity (Wildman–Crippen MR) is 109 cm³/mol. The standard InChI is InChI=1S/C16H19N3O4.2C2H5.Sn/c1-9-15(22)13(11(7-20)3-18-9)5-17-6-14-12(8-21)4-19-10(2)16(14)23;2*1-2;/h3-5,20-23H,6-8H2,1-2H3;2*1H2,2H3;/q;;;+2/p-2. The summed E-state index contributed by atoms with van der Waals surface area (Å²) < 4.78 is 14.9. The molecule has 0 bridgehead atoms. The molecule has 3 heterocycles. The average molecular weight is 492 g/mol. The summed E-state index contributed by atoms with van der Waals surface area (Å²) in [6, 6.07) is 0. The molecule has 0 aliphatic carbocycles. The van der Waals surface area contributed by atoms with Gasteiger partial charge in [-0.2, -0.15) is 0 Å². The summed E-state index contributed by atoms with van der Waals surface area (Å²) in [6.45, 7) is 8.07. The fraction of sp³-hybridized carbons (Fsp3) is 0.450. The van der Waals surface area contributed by atoms with Crippen LogP contribution in [-0.2, 0) is 19.8 Å². The Bertz CT molecular complexity index is 898. The number of aliphatic hydroxyl groups is 2. The maximum absolute atomic E-state index is 9.79. The van der Waals surface area contributed by atoms with Crippen LogP contribution < -0.4 is 6.15 Å². The summed E-state index contributed by atoms with van der Waals surface area (Å²) in [5, 5.41) is 19.6. The summed E-state index contributed by atoms with van der Waals surface area (Å²) in [7, 11) is 0. The zero-order chi connectivity index (χ0) is 20.3. The van der Waals surface area contributed by atoms with Gasteiger partial charge in [0, 0.05) is 0 Å². The molecule has 0 spiro atoms. The Morgan fingerprint density at radius 3 is 2.11 bits per heavy atom. The number of nitrogens with zero attached hydrogens (tertiary/aromatic N) is 3. The van der Waals surface area contributed by atoms with E-state index in [4.69, 9.17) is 6.15 Å². The summed E-state index contributed by atoms with van der Waals surface area (Å²) in [4.78, 5) is 13.4. The second-order valence-electron chi connectivity index (χ2n) is 6.90. The first kappa shape index (κ1) is 21.0. The maximum atomic E-state index is 9.79. The molecule has 150 valence electrons. The summed E-state index contributed by atoms with van der Waals surface area (Å²) in [5.74, 6) is 1.35. The van der Waals surface area contributed by atoms with Gasteiger partial charge in [-0.1, -0.05) is 0 Å². The molecule has 8 heteroatoms. The molecule has 2 aromatic rings. The van der Waals surface area contributed by atoms with Crippen LogP contribution in [0, 0.1) is 13.8 Å². The van der Waals surface area contributed by atoms with Gasteiger partial charge < -0.3 is 0 Å². The molecule has 2 N–H and O–H groups in total. The Balaban J connectivity index is 2.26. The molecule has 0 saturated carbocycles. The van der Waals surface area contributed by atoms with Gasteiger partial charge in [-0.05, 0) is 0 Å². The van der Waals surface area contributed by atoms with Crippen molar-refractivity contribution in [3.8, 4) is 11.5 Å². The molecule has 0 radical (unpaired) electrons. The minimum absolute atomic E-state index is 0.127. The number of aliphatic hydroxyl groups excluding tert-OH is 2. The van der Waals surface area contributed by atoms with Crippen LogP contribution in [0.2, 0.25) is 8.87 Å². The first-order valence-corrected chi connectivity index (χ1v) is 15.9. The molecule has 0 saturated heterocycles. The van der Waals surface area contributed by atoms with Gasteiger partial charge in [0.1, 0.15) is 0 Å². The second kappa shape index (κ2) is 8.75. The molecule has 1 aliphatic rings. The van der Waals surface area contributed by atoms with Gasteiger partial charge in [-0.3, -0.25) is 0 Å². The SMILES string of the molecule is C[CH2][Sn]1([CH2]C)[O]c2c(C)ncc(CO)c2C=NCc2c(CO)cnc(C)c2[O]1. The first-order chi connectivity index (χ1) is 13.5. The van der Waals surface area contributed by atoms with Gasteiger partial charge in [-0.25, -0.2) is 0 Å². The van der Waals surface area contributed by atoms with E-state index in [-0.39, 0.29) is 13.2 Å². The Morgan fingerprint density at radius 2 is 1.50 bits per heavy atom. The molecular weight excluding hydrogens is 465 g/mol. The Hall–Kier alpha value is -1.71. The number of aromatic nitrogens is 2. The number of fused-ring (bicyclic) bond motifs is 2. The van der Waals surface area contributed by atoms with Gasteiger partial charge in [0.05, 0.1) is 0 Å².